The van der Waals surface area contributed by atoms with Crippen molar-refractivity contribution in [2.45, 2.75) is 25.8 Å². The fourth-order valence-corrected chi connectivity index (χ4v) is 3.06. The Morgan fingerprint density at radius 3 is 2.14 bits per heavy atom. The molecule has 0 aliphatic carbocycles. The van der Waals surface area contributed by atoms with Crippen LogP contribution in [0.15, 0.2) is 48.5 Å². The molecule has 0 unspecified atom stereocenters. The third kappa shape index (κ3) is 7.12. The van der Waals surface area contributed by atoms with Gasteiger partial charge in [-0.05, 0) is 48.2 Å². The van der Waals surface area contributed by atoms with E-state index in [1.165, 1.54) is 0 Å². The van der Waals surface area contributed by atoms with E-state index in [-0.39, 0.29) is 11.9 Å². The number of methoxy groups -OCH3 is 1. The molecule has 0 aromatic heterocycles. The highest BCUT2D eigenvalue weighted by molar-refractivity contribution is 5.89. The lowest BCUT2D eigenvalue weighted by Crippen LogP contribution is -2.29. The lowest BCUT2D eigenvalue weighted by Gasteiger charge is -2.15. The number of anilines is 1. The molecule has 1 aliphatic rings. The summed E-state index contributed by atoms with van der Waals surface area (Å²) in [4.78, 5) is 26.1. The average molecular weight is 399 g/mol. The molecule has 1 saturated heterocycles. The van der Waals surface area contributed by atoms with Crippen molar-refractivity contribution in [3.8, 4) is 5.75 Å². The number of aliphatic hydroxyl groups is 1. The quantitative estimate of drug-likeness (QED) is 0.697. The highest BCUT2D eigenvalue weighted by Gasteiger charge is 2.17. The number of hydrogen-bond acceptors (Lipinski definition) is 4. The zero-order chi connectivity index (χ0) is 21.1. The molecule has 3 N–H and O–H groups in total. The fraction of sp³-hybridized carbons (Fsp3) is 0.364. The molecule has 3 rings (SSSR count). The Kier molecular flexibility index (Phi) is 8.98. The van der Waals surface area contributed by atoms with Crippen LogP contribution in [0.25, 0.3) is 0 Å². The summed E-state index contributed by atoms with van der Waals surface area (Å²) in [5, 5.41) is 12.6. The Balaban J connectivity index is 0.00000145. The highest BCUT2D eigenvalue weighted by Crippen LogP contribution is 2.14. The zero-order valence-corrected chi connectivity index (χ0v) is 17.0. The van der Waals surface area contributed by atoms with E-state index in [9.17, 15) is 9.59 Å². The number of amides is 3. The van der Waals surface area contributed by atoms with Gasteiger partial charge in [0.2, 0.25) is 5.91 Å². The van der Waals surface area contributed by atoms with Gasteiger partial charge in [0.1, 0.15) is 5.75 Å². The number of likely N-dealkylation sites (tertiary alicyclic amines) is 1. The Morgan fingerprint density at radius 2 is 1.55 bits per heavy atom. The average Bonchev–Trinajstić information content (AvgIpc) is 3.31. The van der Waals surface area contributed by atoms with Crippen LogP contribution in [0.5, 0.6) is 5.75 Å². The van der Waals surface area contributed by atoms with E-state index in [1.807, 2.05) is 53.4 Å². The first-order valence-electron chi connectivity index (χ1n) is 9.63. The molecule has 0 bridgehead atoms. The van der Waals surface area contributed by atoms with Gasteiger partial charge in [0, 0.05) is 32.4 Å². The summed E-state index contributed by atoms with van der Waals surface area (Å²) in [5.41, 5.74) is 2.64. The van der Waals surface area contributed by atoms with Crippen molar-refractivity contribution >= 4 is 17.6 Å². The number of aliphatic hydroxyl groups excluding tert-OH is 1. The minimum Gasteiger partial charge on any atom is -0.497 e. The van der Waals surface area contributed by atoms with Gasteiger partial charge in [-0.15, -0.1) is 0 Å². The van der Waals surface area contributed by atoms with E-state index < -0.39 is 0 Å². The number of rotatable bonds is 6. The molecule has 29 heavy (non-hydrogen) atoms. The molecular formula is C22H29N3O4. The molecule has 0 radical (unpaired) electrons. The summed E-state index contributed by atoms with van der Waals surface area (Å²) >= 11 is 0. The number of hydrogen-bond donors (Lipinski definition) is 3. The molecule has 1 heterocycles. The Hall–Kier alpha value is -3.06. The van der Waals surface area contributed by atoms with Gasteiger partial charge < -0.3 is 25.4 Å². The van der Waals surface area contributed by atoms with Gasteiger partial charge in [-0.25, -0.2) is 4.79 Å². The van der Waals surface area contributed by atoms with E-state index in [0.717, 1.165) is 49.9 Å². The number of nitrogens with zero attached hydrogens (tertiary/aromatic N) is 1. The molecule has 3 amide bonds. The van der Waals surface area contributed by atoms with Crippen LogP contribution in [0.1, 0.15) is 24.0 Å². The van der Waals surface area contributed by atoms with Crippen LogP contribution in [0, 0.1) is 0 Å². The summed E-state index contributed by atoms with van der Waals surface area (Å²) in [7, 11) is 2.62. The van der Waals surface area contributed by atoms with Crippen LogP contribution in [-0.4, -0.2) is 49.3 Å². The second-order valence-electron chi connectivity index (χ2n) is 6.62. The van der Waals surface area contributed by atoms with Gasteiger partial charge in [-0.3, -0.25) is 4.79 Å². The van der Waals surface area contributed by atoms with Crippen molar-refractivity contribution in [1.29, 1.82) is 0 Å². The van der Waals surface area contributed by atoms with Gasteiger partial charge in [0.25, 0.3) is 0 Å². The van der Waals surface area contributed by atoms with Crippen molar-refractivity contribution < 1.29 is 19.4 Å². The smallest absolute Gasteiger partial charge is 0.319 e. The first kappa shape index (κ1) is 22.2. The van der Waals surface area contributed by atoms with Crippen LogP contribution in [0.4, 0.5) is 10.5 Å². The minimum absolute atomic E-state index is 0.172. The summed E-state index contributed by atoms with van der Waals surface area (Å²) in [6.07, 6.45) is 2.60. The Morgan fingerprint density at radius 1 is 0.966 bits per heavy atom. The van der Waals surface area contributed by atoms with Gasteiger partial charge >= 0.3 is 6.03 Å². The van der Waals surface area contributed by atoms with Gasteiger partial charge in [-0.2, -0.15) is 0 Å². The molecule has 0 saturated carbocycles. The normalized spacial score (nSPS) is 12.6. The maximum atomic E-state index is 12.2. The maximum Gasteiger partial charge on any atom is 0.319 e. The lowest BCUT2D eigenvalue weighted by molar-refractivity contribution is -0.129. The number of carbonyl (C=O) groups excluding carboxylic acids is 2. The van der Waals surface area contributed by atoms with E-state index in [1.54, 1.807) is 7.11 Å². The number of ether oxygens (including phenoxy) is 1. The fourth-order valence-electron chi connectivity index (χ4n) is 3.06. The standard InChI is InChI=1S/C21H25N3O3.CH4O/c1-27-19-10-6-17(7-11-19)15-22-21(26)23-18-8-4-16(5-9-18)14-20(25)24-12-2-3-13-24;1-2/h4-11H,2-3,12-15H2,1H3,(H2,22,23,26);2H,1H3. The van der Waals surface area contributed by atoms with Crippen LogP contribution < -0.4 is 15.4 Å². The Bertz CT molecular complexity index is 770. The minimum atomic E-state index is -0.272. The van der Waals surface area contributed by atoms with Crippen LogP contribution in [-0.2, 0) is 17.8 Å². The van der Waals surface area contributed by atoms with Gasteiger partial charge in [0.05, 0.1) is 13.5 Å². The molecule has 1 aliphatic heterocycles. The predicted octanol–water partition coefficient (Wildman–Crippen LogP) is 2.79. The monoisotopic (exact) mass is 399 g/mol. The SMILES string of the molecule is CO.COc1ccc(CNC(=O)Nc2ccc(CC(=O)N3CCCC3)cc2)cc1. The lowest BCUT2D eigenvalue weighted by atomic mass is 10.1. The molecule has 1 fully saturated rings. The summed E-state index contributed by atoms with van der Waals surface area (Å²) in [6, 6.07) is 14.7. The van der Waals surface area contributed by atoms with Crippen molar-refractivity contribution in [3.63, 3.8) is 0 Å². The number of urea groups is 1. The van der Waals surface area contributed by atoms with Crippen molar-refractivity contribution in [1.82, 2.24) is 10.2 Å². The third-order valence-electron chi connectivity index (χ3n) is 4.64. The second kappa shape index (κ2) is 11.7. The van der Waals surface area contributed by atoms with E-state index in [0.29, 0.717) is 18.7 Å². The second-order valence-corrected chi connectivity index (χ2v) is 6.62. The van der Waals surface area contributed by atoms with Crippen LogP contribution in [0.3, 0.4) is 0 Å². The summed E-state index contributed by atoms with van der Waals surface area (Å²) in [6.45, 7) is 2.16. The molecule has 0 spiro atoms. The highest BCUT2D eigenvalue weighted by atomic mass is 16.5. The molecule has 2 aromatic carbocycles. The van der Waals surface area contributed by atoms with Crippen LogP contribution in [0.2, 0.25) is 0 Å². The predicted molar refractivity (Wildman–Crippen MR) is 113 cm³/mol. The van der Waals surface area contributed by atoms with Crippen molar-refractivity contribution in [3.05, 3.63) is 59.7 Å². The van der Waals surface area contributed by atoms with Crippen molar-refractivity contribution in [2.24, 2.45) is 0 Å². The topological polar surface area (TPSA) is 90.9 Å². The third-order valence-corrected chi connectivity index (χ3v) is 4.64. The van der Waals surface area contributed by atoms with Gasteiger partial charge in [0.15, 0.2) is 0 Å². The Labute approximate surface area is 171 Å². The number of carbonyl (C=O) groups is 2. The summed E-state index contributed by atoms with van der Waals surface area (Å²) < 4.78 is 5.11. The van der Waals surface area contributed by atoms with E-state index >= 15 is 0 Å². The van der Waals surface area contributed by atoms with E-state index in [2.05, 4.69) is 10.6 Å². The molecule has 2 aromatic rings. The molecule has 7 heteroatoms. The molecule has 0 atom stereocenters. The largest absolute Gasteiger partial charge is 0.497 e. The zero-order valence-electron chi connectivity index (χ0n) is 17.0. The first-order valence-corrected chi connectivity index (χ1v) is 9.63. The molecule has 7 nitrogen and oxygen atoms in total. The van der Waals surface area contributed by atoms with Crippen molar-refractivity contribution in [2.75, 3.05) is 32.6 Å². The van der Waals surface area contributed by atoms with E-state index in [4.69, 9.17) is 9.84 Å². The maximum absolute atomic E-state index is 12.2. The number of nitrogens with one attached hydrogen (secondary N) is 2. The van der Waals surface area contributed by atoms with Crippen LogP contribution >= 0.6 is 0 Å². The molecule has 156 valence electrons. The summed E-state index contributed by atoms with van der Waals surface area (Å²) in [5.74, 6) is 0.956. The number of benzene rings is 2. The van der Waals surface area contributed by atoms with Gasteiger partial charge in [-0.1, -0.05) is 24.3 Å². The first-order chi connectivity index (χ1) is 14.1. The molecular weight excluding hydrogens is 370 g/mol.